The van der Waals surface area contributed by atoms with Crippen molar-refractivity contribution in [2.75, 3.05) is 31.2 Å². The largest absolute Gasteiger partial charge is 0.492 e. The predicted octanol–water partition coefficient (Wildman–Crippen LogP) is 4.33. The third-order valence-electron chi connectivity index (χ3n) is 6.46. The van der Waals surface area contributed by atoms with Gasteiger partial charge in [-0.2, -0.15) is 11.8 Å². The summed E-state index contributed by atoms with van der Waals surface area (Å²) < 4.78 is 6.10. The molecule has 3 aliphatic heterocycles. The molecular formula is C24H30N2OS. The molecule has 1 saturated heterocycles. The maximum atomic E-state index is 6.10. The van der Waals surface area contributed by atoms with Crippen molar-refractivity contribution in [1.82, 2.24) is 9.80 Å². The van der Waals surface area contributed by atoms with Gasteiger partial charge in [0.15, 0.2) is 0 Å². The number of nitrogens with zero attached hydrogens (tertiary/aromatic N) is 2. The number of fused-ring (bicyclic) bond motifs is 2. The number of hydrogen-bond donors (Lipinski definition) is 0. The maximum Gasteiger partial charge on any atom is 0.123 e. The van der Waals surface area contributed by atoms with Gasteiger partial charge < -0.3 is 4.74 Å². The Kier molecular flexibility index (Phi) is 5.61. The van der Waals surface area contributed by atoms with E-state index in [1.54, 1.807) is 0 Å². The molecule has 3 aliphatic rings. The van der Waals surface area contributed by atoms with Crippen LogP contribution in [-0.2, 0) is 26.1 Å². The lowest BCUT2D eigenvalue weighted by atomic mass is 9.99. The molecule has 0 spiro atoms. The summed E-state index contributed by atoms with van der Waals surface area (Å²) in [6.45, 7) is 6.16. The van der Waals surface area contributed by atoms with Gasteiger partial charge in [0.25, 0.3) is 0 Å². The fraction of sp³-hybridized carbons (Fsp3) is 0.500. The van der Waals surface area contributed by atoms with Gasteiger partial charge in [-0.25, -0.2) is 0 Å². The summed E-state index contributed by atoms with van der Waals surface area (Å²) in [5.74, 6) is 3.72. The van der Waals surface area contributed by atoms with Gasteiger partial charge in [0, 0.05) is 44.3 Å². The van der Waals surface area contributed by atoms with Crippen LogP contribution in [0.25, 0.3) is 0 Å². The third kappa shape index (κ3) is 4.10. The third-order valence-corrected chi connectivity index (χ3v) is 7.51. The SMILES string of the molecule is c1ccc2c(c1)CCN(Cc1ccc3c(c1)CN(C1CCSCC1)CCO3)C2. The smallest absolute Gasteiger partial charge is 0.123 e. The summed E-state index contributed by atoms with van der Waals surface area (Å²) in [6.07, 6.45) is 3.82. The predicted molar refractivity (Wildman–Crippen MR) is 117 cm³/mol. The average molecular weight is 395 g/mol. The van der Waals surface area contributed by atoms with Gasteiger partial charge in [-0.3, -0.25) is 9.80 Å². The van der Waals surface area contributed by atoms with Gasteiger partial charge >= 0.3 is 0 Å². The van der Waals surface area contributed by atoms with E-state index in [9.17, 15) is 0 Å². The van der Waals surface area contributed by atoms with Gasteiger partial charge in [-0.15, -0.1) is 0 Å². The molecule has 0 radical (unpaired) electrons. The van der Waals surface area contributed by atoms with E-state index in [4.69, 9.17) is 4.74 Å². The van der Waals surface area contributed by atoms with E-state index in [1.165, 1.54) is 46.6 Å². The maximum absolute atomic E-state index is 6.10. The molecule has 3 heterocycles. The van der Waals surface area contributed by atoms with Crippen molar-refractivity contribution in [3.63, 3.8) is 0 Å². The van der Waals surface area contributed by atoms with Crippen molar-refractivity contribution in [3.8, 4) is 5.75 Å². The molecule has 0 saturated carbocycles. The Bertz CT molecular complexity index is 818. The fourth-order valence-electron chi connectivity index (χ4n) is 4.88. The summed E-state index contributed by atoms with van der Waals surface area (Å²) in [4.78, 5) is 5.25. The summed E-state index contributed by atoms with van der Waals surface area (Å²) in [5, 5.41) is 0. The molecule has 0 unspecified atom stereocenters. The highest BCUT2D eigenvalue weighted by atomic mass is 32.2. The van der Waals surface area contributed by atoms with Crippen molar-refractivity contribution in [2.24, 2.45) is 0 Å². The Morgan fingerprint density at radius 2 is 1.79 bits per heavy atom. The van der Waals surface area contributed by atoms with Crippen LogP contribution in [0.4, 0.5) is 0 Å². The molecule has 4 heteroatoms. The van der Waals surface area contributed by atoms with E-state index in [2.05, 4.69) is 64.0 Å². The lowest BCUT2D eigenvalue weighted by Crippen LogP contribution is -2.38. The van der Waals surface area contributed by atoms with E-state index in [0.717, 1.165) is 57.5 Å². The van der Waals surface area contributed by atoms with E-state index in [1.807, 2.05) is 0 Å². The van der Waals surface area contributed by atoms with Crippen LogP contribution in [-0.4, -0.2) is 47.0 Å². The average Bonchev–Trinajstić information content (AvgIpc) is 2.96. The molecule has 2 aromatic rings. The number of thioether (sulfide) groups is 1. The lowest BCUT2D eigenvalue weighted by Gasteiger charge is -2.33. The number of rotatable bonds is 3. The molecule has 1 fully saturated rings. The quantitative estimate of drug-likeness (QED) is 0.769. The van der Waals surface area contributed by atoms with Crippen molar-refractivity contribution in [1.29, 1.82) is 0 Å². The number of hydrogen-bond acceptors (Lipinski definition) is 4. The molecule has 0 amide bonds. The van der Waals surface area contributed by atoms with Crippen molar-refractivity contribution < 1.29 is 4.74 Å². The molecule has 5 rings (SSSR count). The van der Waals surface area contributed by atoms with E-state index in [-0.39, 0.29) is 0 Å². The molecule has 28 heavy (non-hydrogen) atoms. The molecule has 0 N–H and O–H groups in total. The zero-order chi connectivity index (χ0) is 18.8. The van der Waals surface area contributed by atoms with E-state index in [0.29, 0.717) is 0 Å². The second-order valence-electron chi connectivity index (χ2n) is 8.33. The molecule has 0 atom stereocenters. The van der Waals surface area contributed by atoms with Gasteiger partial charge in [0.05, 0.1) is 0 Å². The Morgan fingerprint density at radius 1 is 0.929 bits per heavy atom. The minimum absolute atomic E-state index is 0.734. The Balaban J connectivity index is 1.29. The van der Waals surface area contributed by atoms with Crippen LogP contribution in [0.5, 0.6) is 5.75 Å². The van der Waals surface area contributed by atoms with Crippen LogP contribution in [0.3, 0.4) is 0 Å². The highest BCUT2D eigenvalue weighted by Gasteiger charge is 2.25. The van der Waals surface area contributed by atoms with Crippen LogP contribution >= 0.6 is 11.8 Å². The van der Waals surface area contributed by atoms with Gasteiger partial charge in [0.2, 0.25) is 0 Å². The van der Waals surface area contributed by atoms with Gasteiger partial charge in [0.1, 0.15) is 12.4 Å². The second kappa shape index (κ2) is 8.48. The minimum Gasteiger partial charge on any atom is -0.492 e. The van der Waals surface area contributed by atoms with Crippen LogP contribution in [0.2, 0.25) is 0 Å². The topological polar surface area (TPSA) is 15.7 Å². The number of benzene rings is 2. The van der Waals surface area contributed by atoms with Crippen LogP contribution in [0.15, 0.2) is 42.5 Å². The molecule has 148 valence electrons. The fourth-order valence-corrected chi connectivity index (χ4v) is 5.96. The first-order chi connectivity index (χ1) is 13.8. The summed E-state index contributed by atoms with van der Waals surface area (Å²) in [6, 6.07) is 16.5. The summed E-state index contributed by atoms with van der Waals surface area (Å²) in [7, 11) is 0. The van der Waals surface area contributed by atoms with Crippen molar-refractivity contribution in [2.45, 2.75) is 44.9 Å². The highest BCUT2D eigenvalue weighted by molar-refractivity contribution is 7.99. The molecule has 3 nitrogen and oxygen atoms in total. The van der Waals surface area contributed by atoms with Crippen LogP contribution in [0.1, 0.15) is 35.1 Å². The molecule has 0 aromatic heterocycles. The van der Waals surface area contributed by atoms with E-state index < -0.39 is 0 Å². The molecular weight excluding hydrogens is 364 g/mol. The minimum atomic E-state index is 0.734. The lowest BCUT2D eigenvalue weighted by molar-refractivity contribution is 0.160. The molecule has 0 bridgehead atoms. The summed E-state index contributed by atoms with van der Waals surface area (Å²) in [5.41, 5.74) is 5.82. The first kappa shape index (κ1) is 18.5. The van der Waals surface area contributed by atoms with Crippen LogP contribution < -0.4 is 4.74 Å². The Labute approximate surface area is 173 Å². The second-order valence-corrected chi connectivity index (χ2v) is 9.56. The highest BCUT2D eigenvalue weighted by Crippen LogP contribution is 2.30. The monoisotopic (exact) mass is 394 g/mol. The van der Waals surface area contributed by atoms with Crippen molar-refractivity contribution >= 4 is 11.8 Å². The Morgan fingerprint density at radius 3 is 2.68 bits per heavy atom. The van der Waals surface area contributed by atoms with Gasteiger partial charge in [-0.1, -0.05) is 30.3 Å². The van der Waals surface area contributed by atoms with E-state index >= 15 is 0 Å². The van der Waals surface area contributed by atoms with Gasteiger partial charge in [-0.05, 0) is 59.6 Å². The summed E-state index contributed by atoms with van der Waals surface area (Å²) >= 11 is 2.11. The molecule has 2 aromatic carbocycles. The zero-order valence-electron chi connectivity index (χ0n) is 16.6. The number of ether oxygens (including phenoxy) is 1. The normalized spacial score (nSPS) is 21.4. The Hall–Kier alpha value is -1.49. The first-order valence-electron chi connectivity index (χ1n) is 10.7. The molecule has 0 aliphatic carbocycles. The van der Waals surface area contributed by atoms with Crippen LogP contribution in [0, 0.1) is 0 Å². The van der Waals surface area contributed by atoms with Crippen molar-refractivity contribution in [3.05, 3.63) is 64.7 Å². The zero-order valence-corrected chi connectivity index (χ0v) is 17.4. The first-order valence-corrected chi connectivity index (χ1v) is 11.9. The standard InChI is InChI=1S/C24H30N2OS/c1-2-4-21-17-25(10-7-20(21)3-1)16-19-5-6-24-22(15-19)18-26(11-12-27-24)23-8-13-28-14-9-23/h1-6,15,23H,7-14,16-18H2.